The Balaban J connectivity index is 2.17. The third kappa shape index (κ3) is 2.95. The van der Waals surface area contributed by atoms with Crippen molar-refractivity contribution < 1.29 is 0 Å². The summed E-state index contributed by atoms with van der Waals surface area (Å²) in [4.78, 5) is 6.71. The monoisotopic (exact) mass is 233 g/mol. The van der Waals surface area contributed by atoms with Gasteiger partial charge in [0.15, 0.2) is 0 Å². The number of nitrogens with two attached hydrogens (primary N) is 1. The fraction of sp³-hybridized carbons (Fsp3) is 0.417. The number of hydrogen-bond donors (Lipinski definition) is 3. The molecule has 2 rings (SSSR count). The van der Waals surface area contributed by atoms with Gasteiger partial charge in [0, 0.05) is 25.7 Å². The summed E-state index contributed by atoms with van der Waals surface area (Å²) < 4.78 is 0. The van der Waals surface area contributed by atoms with Crippen LogP contribution in [0.2, 0.25) is 0 Å². The van der Waals surface area contributed by atoms with Crippen molar-refractivity contribution in [2.24, 2.45) is 10.8 Å². The number of benzene rings is 1. The molecule has 4 N–H and O–H groups in total. The van der Waals surface area contributed by atoms with E-state index < -0.39 is 0 Å². The van der Waals surface area contributed by atoms with E-state index in [2.05, 4.69) is 27.6 Å². The summed E-state index contributed by atoms with van der Waals surface area (Å²) in [6, 6.07) is 10.2. The quantitative estimate of drug-likeness (QED) is 0.285. The fourth-order valence-corrected chi connectivity index (χ4v) is 1.96. The molecule has 92 valence electrons. The van der Waals surface area contributed by atoms with Gasteiger partial charge in [-0.15, -0.1) is 0 Å². The predicted octanol–water partition coefficient (Wildman–Crippen LogP) is 0.431. The predicted molar refractivity (Wildman–Crippen MR) is 69.9 cm³/mol. The molecule has 1 saturated heterocycles. The standard InChI is InChI=1S/C12H19N5/c1-10-9-14-7-8-17(10)12(16-13)15-11-5-3-2-4-6-11/h2-6,10,14H,7-9,13H2,1H3,(H,15,16). The Labute approximate surface area is 102 Å². The van der Waals surface area contributed by atoms with Gasteiger partial charge >= 0.3 is 0 Å². The van der Waals surface area contributed by atoms with E-state index in [1.54, 1.807) is 0 Å². The Morgan fingerprint density at radius 3 is 2.88 bits per heavy atom. The summed E-state index contributed by atoms with van der Waals surface area (Å²) in [5.74, 6) is 6.30. The Morgan fingerprint density at radius 2 is 2.24 bits per heavy atom. The van der Waals surface area contributed by atoms with E-state index in [1.165, 1.54) is 0 Å². The van der Waals surface area contributed by atoms with Crippen LogP contribution in [0.15, 0.2) is 35.3 Å². The molecule has 0 saturated carbocycles. The second kappa shape index (κ2) is 5.65. The van der Waals surface area contributed by atoms with Gasteiger partial charge in [-0.3, -0.25) is 5.43 Å². The number of nitrogens with zero attached hydrogens (tertiary/aromatic N) is 2. The highest BCUT2D eigenvalue weighted by Gasteiger charge is 2.20. The Hall–Kier alpha value is -1.59. The molecule has 1 aliphatic rings. The van der Waals surface area contributed by atoms with Crippen LogP contribution in [0.4, 0.5) is 5.69 Å². The van der Waals surface area contributed by atoms with Crippen molar-refractivity contribution in [3.05, 3.63) is 30.3 Å². The van der Waals surface area contributed by atoms with Gasteiger partial charge in [-0.2, -0.15) is 0 Å². The Bertz CT molecular complexity index is 376. The smallest absolute Gasteiger partial charge is 0.213 e. The van der Waals surface area contributed by atoms with Crippen molar-refractivity contribution in [2.75, 3.05) is 19.6 Å². The average molecular weight is 233 g/mol. The molecular formula is C12H19N5. The van der Waals surface area contributed by atoms with Gasteiger partial charge in [0.2, 0.25) is 5.96 Å². The van der Waals surface area contributed by atoms with Crippen LogP contribution < -0.4 is 16.6 Å². The van der Waals surface area contributed by atoms with Gasteiger partial charge in [-0.05, 0) is 19.1 Å². The molecular weight excluding hydrogens is 214 g/mol. The van der Waals surface area contributed by atoms with E-state index in [-0.39, 0.29) is 0 Å². The van der Waals surface area contributed by atoms with Crippen molar-refractivity contribution in [2.45, 2.75) is 13.0 Å². The van der Waals surface area contributed by atoms with Crippen molar-refractivity contribution >= 4 is 11.6 Å². The van der Waals surface area contributed by atoms with Crippen LogP contribution in [-0.4, -0.2) is 36.5 Å². The summed E-state index contributed by atoms with van der Waals surface area (Å²) in [6.45, 7) is 4.98. The second-order valence-corrected chi connectivity index (χ2v) is 4.16. The normalized spacial score (nSPS) is 21.4. The van der Waals surface area contributed by atoms with Crippen LogP contribution in [0, 0.1) is 0 Å². The summed E-state index contributed by atoms with van der Waals surface area (Å²) >= 11 is 0. The molecule has 1 fully saturated rings. The van der Waals surface area contributed by atoms with Crippen molar-refractivity contribution in [3.8, 4) is 0 Å². The third-order valence-electron chi connectivity index (χ3n) is 2.89. The molecule has 5 nitrogen and oxygen atoms in total. The van der Waals surface area contributed by atoms with Crippen molar-refractivity contribution in [1.29, 1.82) is 0 Å². The lowest BCUT2D eigenvalue weighted by molar-refractivity contribution is 0.266. The first-order chi connectivity index (χ1) is 8.31. The SMILES string of the molecule is CC1CNCCN1C(=Nc1ccccc1)NN. The van der Waals surface area contributed by atoms with E-state index in [0.29, 0.717) is 6.04 Å². The number of nitrogens with one attached hydrogen (secondary N) is 2. The lowest BCUT2D eigenvalue weighted by atomic mass is 10.2. The minimum atomic E-state index is 0.391. The molecule has 0 aliphatic carbocycles. The number of hydrazine groups is 1. The van der Waals surface area contributed by atoms with Crippen LogP contribution >= 0.6 is 0 Å². The summed E-state index contributed by atoms with van der Waals surface area (Å²) in [6.07, 6.45) is 0. The van der Waals surface area contributed by atoms with E-state index in [1.807, 2.05) is 30.3 Å². The second-order valence-electron chi connectivity index (χ2n) is 4.16. The number of guanidine groups is 1. The highest BCUT2D eigenvalue weighted by atomic mass is 15.4. The molecule has 1 aromatic carbocycles. The summed E-state index contributed by atoms with van der Waals surface area (Å²) in [7, 11) is 0. The van der Waals surface area contributed by atoms with Crippen LogP contribution in [-0.2, 0) is 0 Å². The Morgan fingerprint density at radius 1 is 1.47 bits per heavy atom. The highest BCUT2D eigenvalue weighted by Crippen LogP contribution is 2.12. The van der Waals surface area contributed by atoms with Gasteiger partial charge in [-0.1, -0.05) is 18.2 Å². The zero-order valence-electron chi connectivity index (χ0n) is 10.1. The largest absolute Gasteiger partial charge is 0.336 e. The number of aliphatic imine (C=N–C) groups is 1. The number of piperazine rings is 1. The van der Waals surface area contributed by atoms with Crippen LogP contribution in [0.3, 0.4) is 0 Å². The van der Waals surface area contributed by atoms with Gasteiger partial charge in [0.25, 0.3) is 0 Å². The first kappa shape index (κ1) is 11.9. The van der Waals surface area contributed by atoms with Crippen LogP contribution in [0.5, 0.6) is 0 Å². The molecule has 1 aromatic rings. The van der Waals surface area contributed by atoms with Gasteiger partial charge < -0.3 is 10.2 Å². The summed E-state index contributed by atoms with van der Waals surface area (Å²) in [5.41, 5.74) is 3.61. The maximum absolute atomic E-state index is 5.57. The van der Waals surface area contributed by atoms with Crippen LogP contribution in [0.1, 0.15) is 6.92 Å². The van der Waals surface area contributed by atoms with E-state index in [9.17, 15) is 0 Å². The molecule has 1 unspecified atom stereocenters. The minimum absolute atomic E-state index is 0.391. The van der Waals surface area contributed by atoms with Gasteiger partial charge in [-0.25, -0.2) is 10.8 Å². The number of rotatable bonds is 1. The van der Waals surface area contributed by atoms with Gasteiger partial charge in [0.05, 0.1) is 5.69 Å². The zero-order chi connectivity index (χ0) is 12.1. The number of para-hydroxylation sites is 1. The molecule has 0 bridgehead atoms. The molecule has 0 radical (unpaired) electrons. The molecule has 5 heteroatoms. The maximum atomic E-state index is 5.57. The molecule has 1 atom stereocenters. The molecule has 17 heavy (non-hydrogen) atoms. The van der Waals surface area contributed by atoms with Gasteiger partial charge in [0.1, 0.15) is 0 Å². The first-order valence-corrected chi connectivity index (χ1v) is 5.89. The average Bonchev–Trinajstić information content (AvgIpc) is 2.38. The molecule has 0 spiro atoms. The van der Waals surface area contributed by atoms with Crippen molar-refractivity contribution in [3.63, 3.8) is 0 Å². The lowest BCUT2D eigenvalue weighted by Crippen LogP contribution is -2.57. The van der Waals surface area contributed by atoms with Crippen molar-refractivity contribution in [1.82, 2.24) is 15.6 Å². The van der Waals surface area contributed by atoms with E-state index >= 15 is 0 Å². The minimum Gasteiger partial charge on any atom is -0.336 e. The van der Waals surface area contributed by atoms with E-state index in [0.717, 1.165) is 31.3 Å². The fourth-order valence-electron chi connectivity index (χ4n) is 1.96. The topological polar surface area (TPSA) is 65.7 Å². The van der Waals surface area contributed by atoms with Crippen LogP contribution in [0.25, 0.3) is 0 Å². The molecule has 1 aliphatic heterocycles. The number of hydrogen-bond acceptors (Lipinski definition) is 3. The summed E-state index contributed by atoms with van der Waals surface area (Å²) in [5, 5.41) is 3.34. The highest BCUT2D eigenvalue weighted by molar-refractivity contribution is 5.82. The maximum Gasteiger partial charge on any atom is 0.213 e. The lowest BCUT2D eigenvalue weighted by Gasteiger charge is -2.35. The Kier molecular flexibility index (Phi) is 3.95. The molecule has 1 heterocycles. The first-order valence-electron chi connectivity index (χ1n) is 5.89. The van der Waals surface area contributed by atoms with E-state index in [4.69, 9.17) is 5.84 Å². The zero-order valence-corrected chi connectivity index (χ0v) is 10.1. The molecule has 0 aromatic heterocycles. The molecule has 0 amide bonds. The third-order valence-corrected chi connectivity index (χ3v) is 2.89.